The second-order valence-corrected chi connectivity index (χ2v) is 5.80. The fourth-order valence-corrected chi connectivity index (χ4v) is 3.43. The van der Waals surface area contributed by atoms with Crippen LogP contribution in [0, 0.1) is 0 Å². The molecule has 2 heterocycles. The molecule has 1 aromatic heterocycles. The molecular weight excluding hydrogens is 240 g/mol. The number of carbonyl (C=O) groups is 1. The Hall–Kier alpha value is -1.36. The van der Waals surface area contributed by atoms with E-state index in [1.807, 2.05) is 4.68 Å². The van der Waals surface area contributed by atoms with E-state index in [2.05, 4.69) is 10.00 Å². The zero-order chi connectivity index (χ0) is 13.2. The van der Waals surface area contributed by atoms with E-state index in [4.69, 9.17) is 5.73 Å². The normalized spacial score (nSPS) is 25.8. The Morgan fingerprint density at radius 1 is 1.21 bits per heavy atom. The minimum Gasteiger partial charge on any atom is -0.366 e. The maximum atomic E-state index is 11.1. The molecule has 1 unspecified atom stereocenters. The minimum absolute atomic E-state index is 0.395. The second kappa shape index (κ2) is 5.33. The van der Waals surface area contributed by atoms with E-state index in [9.17, 15) is 4.79 Å². The number of hydrogen-bond donors (Lipinski definition) is 1. The Kier molecular flexibility index (Phi) is 3.55. The number of aromatic nitrogens is 2. The molecule has 19 heavy (non-hydrogen) atoms. The summed E-state index contributed by atoms with van der Waals surface area (Å²) >= 11 is 0. The molecule has 3 rings (SSSR count). The number of rotatable bonds is 3. The van der Waals surface area contributed by atoms with E-state index in [1.165, 1.54) is 32.1 Å². The van der Waals surface area contributed by atoms with Gasteiger partial charge < -0.3 is 5.73 Å². The zero-order valence-corrected chi connectivity index (χ0v) is 11.3. The molecule has 1 aliphatic heterocycles. The third-order valence-electron chi connectivity index (χ3n) is 4.55. The number of likely N-dealkylation sites (tertiary alicyclic amines) is 1. The van der Waals surface area contributed by atoms with Gasteiger partial charge in [0, 0.05) is 25.3 Å². The van der Waals surface area contributed by atoms with E-state index in [0.717, 1.165) is 25.6 Å². The maximum absolute atomic E-state index is 11.1. The van der Waals surface area contributed by atoms with Crippen LogP contribution in [0.1, 0.15) is 54.9 Å². The van der Waals surface area contributed by atoms with Gasteiger partial charge in [-0.05, 0) is 19.3 Å². The predicted molar refractivity (Wildman–Crippen MR) is 72.8 cm³/mol. The van der Waals surface area contributed by atoms with Crippen LogP contribution >= 0.6 is 0 Å². The molecule has 0 spiro atoms. The van der Waals surface area contributed by atoms with Crippen molar-refractivity contribution in [3.8, 4) is 0 Å². The molecule has 5 nitrogen and oxygen atoms in total. The Morgan fingerprint density at radius 3 is 2.68 bits per heavy atom. The van der Waals surface area contributed by atoms with E-state index >= 15 is 0 Å². The molecule has 0 bridgehead atoms. The lowest BCUT2D eigenvalue weighted by atomic mass is 9.94. The van der Waals surface area contributed by atoms with Crippen LogP contribution in [0.2, 0.25) is 0 Å². The summed E-state index contributed by atoms with van der Waals surface area (Å²) < 4.78 is 1.92. The first-order valence-electron chi connectivity index (χ1n) is 7.32. The first-order valence-corrected chi connectivity index (χ1v) is 7.32. The highest BCUT2D eigenvalue weighted by Gasteiger charge is 2.30. The third kappa shape index (κ3) is 2.66. The van der Waals surface area contributed by atoms with Gasteiger partial charge in [0.15, 0.2) is 0 Å². The number of amides is 1. The predicted octanol–water partition coefficient (Wildman–Crippen LogP) is 1.56. The summed E-state index contributed by atoms with van der Waals surface area (Å²) in [6.45, 7) is 2.21. The van der Waals surface area contributed by atoms with Crippen molar-refractivity contribution in [3.05, 3.63) is 18.0 Å². The SMILES string of the molecule is NC(=O)c1cnn(C2CCN(C3CCCCC3)C2)c1. The second-order valence-electron chi connectivity index (χ2n) is 5.80. The van der Waals surface area contributed by atoms with Gasteiger partial charge >= 0.3 is 0 Å². The summed E-state index contributed by atoms with van der Waals surface area (Å²) in [6.07, 6.45) is 11.3. The van der Waals surface area contributed by atoms with Crippen LogP contribution in [-0.2, 0) is 0 Å². The van der Waals surface area contributed by atoms with Crippen LogP contribution in [0.15, 0.2) is 12.4 Å². The van der Waals surface area contributed by atoms with Crippen molar-refractivity contribution in [1.29, 1.82) is 0 Å². The summed E-state index contributed by atoms with van der Waals surface area (Å²) in [5.74, 6) is -0.395. The third-order valence-corrected chi connectivity index (χ3v) is 4.55. The Labute approximate surface area is 113 Å². The summed E-state index contributed by atoms with van der Waals surface area (Å²) in [6, 6.07) is 1.17. The number of primary amides is 1. The molecular formula is C14H22N4O. The largest absolute Gasteiger partial charge is 0.366 e. The minimum atomic E-state index is -0.395. The van der Waals surface area contributed by atoms with Gasteiger partial charge in [-0.25, -0.2) is 0 Å². The fraction of sp³-hybridized carbons (Fsp3) is 0.714. The van der Waals surface area contributed by atoms with Crippen LogP contribution in [-0.4, -0.2) is 39.7 Å². The Morgan fingerprint density at radius 2 is 2.00 bits per heavy atom. The monoisotopic (exact) mass is 262 g/mol. The van der Waals surface area contributed by atoms with E-state index < -0.39 is 5.91 Å². The van der Waals surface area contributed by atoms with Gasteiger partial charge in [-0.2, -0.15) is 5.10 Å². The lowest BCUT2D eigenvalue weighted by molar-refractivity contribution is 0.1000. The lowest BCUT2D eigenvalue weighted by Crippen LogP contribution is -2.35. The van der Waals surface area contributed by atoms with E-state index in [-0.39, 0.29) is 0 Å². The van der Waals surface area contributed by atoms with Gasteiger partial charge in [0.05, 0.1) is 17.8 Å². The van der Waals surface area contributed by atoms with Gasteiger partial charge in [-0.1, -0.05) is 19.3 Å². The van der Waals surface area contributed by atoms with Crippen LogP contribution < -0.4 is 5.73 Å². The first kappa shape index (κ1) is 12.7. The molecule has 2 fully saturated rings. The molecule has 1 aliphatic carbocycles. The average Bonchev–Trinajstić information content (AvgIpc) is 3.09. The quantitative estimate of drug-likeness (QED) is 0.899. The molecule has 1 aromatic rings. The standard InChI is InChI=1S/C14H22N4O/c15-14(19)11-8-16-18(9-11)13-6-7-17(10-13)12-4-2-1-3-5-12/h8-9,12-13H,1-7,10H2,(H2,15,19). The van der Waals surface area contributed by atoms with Gasteiger partial charge in [0.1, 0.15) is 0 Å². The molecule has 2 N–H and O–H groups in total. The van der Waals surface area contributed by atoms with Crippen molar-refractivity contribution < 1.29 is 4.79 Å². The van der Waals surface area contributed by atoms with Crippen molar-refractivity contribution in [1.82, 2.24) is 14.7 Å². The number of hydrogen-bond acceptors (Lipinski definition) is 3. The fourth-order valence-electron chi connectivity index (χ4n) is 3.43. The maximum Gasteiger partial charge on any atom is 0.251 e. The van der Waals surface area contributed by atoms with Crippen molar-refractivity contribution in [2.24, 2.45) is 5.73 Å². The molecule has 1 saturated heterocycles. The van der Waals surface area contributed by atoms with Crippen molar-refractivity contribution in [2.45, 2.75) is 50.6 Å². The molecule has 1 saturated carbocycles. The van der Waals surface area contributed by atoms with Gasteiger partial charge in [-0.15, -0.1) is 0 Å². The van der Waals surface area contributed by atoms with Crippen LogP contribution in [0.25, 0.3) is 0 Å². The molecule has 0 aromatic carbocycles. The van der Waals surface area contributed by atoms with Crippen molar-refractivity contribution >= 4 is 5.91 Å². The van der Waals surface area contributed by atoms with Gasteiger partial charge in [-0.3, -0.25) is 14.4 Å². The summed E-state index contributed by atoms with van der Waals surface area (Å²) in [4.78, 5) is 13.7. The highest BCUT2D eigenvalue weighted by atomic mass is 16.1. The topological polar surface area (TPSA) is 64.2 Å². The lowest BCUT2D eigenvalue weighted by Gasteiger charge is -2.30. The van der Waals surface area contributed by atoms with Gasteiger partial charge in [0.25, 0.3) is 5.91 Å². The van der Waals surface area contributed by atoms with E-state index in [1.54, 1.807) is 12.4 Å². The highest BCUT2D eigenvalue weighted by molar-refractivity contribution is 5.92. The van der Waals surface area contributed by atoms with Crippen LogP contribution in [0.4, 0.5) is 0 Å². The van der Waals surface area contributed by atoms with E-state index in [0.29, 0.717) is 11.6 Å². The Balaban J connectivity index is 1.62. The van der Waals surface area contributed by atoms with Crippen LogP contribution in [0.5, 0.6) is 0 Å². The number of nitrogens with zero attached hydrogens (tertiary/aromatic N) is 3. The highest BCUT2D eigenvalue weighted by Crippen LogP contribution is 2.29. The molecule has 5 heteroatoms. The average molecular weight is 262 g/mol. The van der Waals surface area contributed by atoms with Gasteiger partial charge in [0.2, 0.25) is 0 Å². The summed E-state index contributed by atoms with van der Waals surface area (Å²) in [5, 5.41) is 4.29. The number of carbonyl (C=O) groups excluding carboxylic acids is 1. The molecule has 104 valence electrons. The molecule has 2 aliphatic rings. The number of nitrogens with two attached hydrogens (primary N) is 1. The van der Waals surface area contributed by atoms with Crippen molar-refractivity contribution in [2.75, 3.05) is 13.1 Å². The summed E-state index contributed by atoms with van der Waals surface area (Å²) in [7, 11) is 0. The summed E-state index contributed by atoms with van der Waals surface area (Å²) in [5.41, 5.74) is 5.78. The molecule has 1 amide bonds. The molecule has 0 radical (unpaired) electrons. The first-order chi connectivity index (χ1) is 9.24. The van der Waals surface area contributed by atoms with Crippen LogP contribution in [0.3, 0.4) is 0 Å². The molecule has 1 atom stereocenters. The van der Waals surface area contributed by atoms with Crippen molar-refractivity contribution in [3.63, 3.8) is 0 Å². The zero-order valence-electron chi connectivity index (χ0n) is 11.3. The Bertz CT molecular complexity index is 450. The smallest absolute Gasteiger partial charge is 0.251 e.